The SMILES string of the molecule is Cc1cn([C@@H]2O[C@]3(OS(c4ccccc4)(c4ccccc4)C(C)(C)C)CO[C@@H]2[C@H]3N=[N+]=[N-])c(=O)[nH]c1=O. The molecule has 0 saturated carbocycles. The molecule has 2 saturated heterocycles. The molecule has 194 valence electrons. The molecule has 2 aliphatic heterocycles. The molecule has 1 aromatic heterocycles. The van der Waals surface area contributed by atoms with E-state index in [1.165, 1.54) is 10.8 Å². The molecule has 1 N–H and O–H groups in total. The summed E-state index contributed by atoms with van der Waals surface area (Å²) >= 11 is 0. The molecule has 2 fully saturated rings. The monoisotopic (exact) mass is 523 g/mol. The van der Waals surface area contributed by atoms with Crippen molar-refractivity contribution in [1.29, 1.82) is 0 Å². The molecule has 0 unspecified atom stereocenters. The van der Waals surface area contributed by atoms with Crippen LogP contribution in [0.15, 0.2) is 91.4 Å². The first kappa shape index (κ1) is 25.3. The second-order valence-corrected chi connectivity index (χ2v) is 13.5. The molecule has 3 heterocycles. The first-order chi connectivity index (χ1) is 17.6. The van der Waals surface area contributed by atoms with Crippen LogP contribution in [0.3, 0.4) is 0 Å². The number of H-pyrrole nitrogens is 1. The number of aromatic amines is 1. The predicted octanol–water partition coefficient (Wildman–Crippen LogP) is 4.80. The third-order valence-corrected chi connectivity index (χ3v) is 10.8. The zero-order valence-electron chi connectivity index (χ0n) is 21.0. The number of rotatable bonds is 6. The first-order valence-electron chi connectivity index (χ1n) is 11.9. The lowest BCUT2D eigenvalue weighted by Crippen LogP contribution is -2.46. The standard InChI is InChI=1S/C26H29N5O5S/c1-17-15-31(24(33)28-22(17)32)23-20-21(29-30-27)26(35-23,16-34-20)36-37(25(2,3)4,18-11-7-5-8-12-18)19-13-9-6-10-14-19/h5-15,20-21,23H,16H2,1-4H3,(H,28,32,33)/t20-,21-,23-,26+/m1/s1. The molecular weight excluding hydrogens is 494 g/mol. The van der Waals surface area contributed by atoms with E-state index in [2.05, 4.69) is 35.8 Å². The molecule has 2 aromatic carbocycles. The molecule has 3 aromatic rings. The van der Waals surface area contributed by atoms with Crippen molar-refractivity contribution in [2.45, 2.75) is 66.4 Å². The minimum absolute atomic E-state index is 0.0133. The molecule has 5 rings (SSSR count). The Labute approximate surface area is 215 Å². The van der Waals surface area contributed by atoms with Crippen LogP contribution in [0.4, 0.5) is 0 Å². The van der Waals surface area contributed by atoms with Crippen LogP contribution in [0.1, 0.15) is 32.6 Å². The molecular formula is C26H29N5O5S. The minimum Gasteiger partial charge on any atom is -0.367 e. The van der Waals surface area contributed by atoms with E-state index in [1.807, 2.05) is 60.7 Å². The van der Waals surface area contributed by atoms with Crippen molar-refractivity contribution in [2.24, 2.45) is 5.11 Å². The number of azide groups is 1. The summed E-state index contributed by atoms with van der Waals surface area (Å²) in [5.41, 5.74) is 8.68. The molecule has 2 bridgehead atoms. The van der Waals surface area contributed by atoms with Gasteiger partial charge in [0.25, 0.3) is 5.56 Å². The molecule has 37 heavy (non-hydrogen) atoms. The first-order valence-corrected chi connectivity index (χ1v) is 13.5. The van der Waals surface area contributed by atoms with Gasteiger partial charge in [0, 0.05) is 31.2 Å². The van der Waals surface area contributed by atoms with Crippen molar-refractivity contribution in [3.05, 3.63) is 104 Å². The Balaban J connectivity index is 1.70. The van der Waals surface area contributed by atoms with Crippen LogP contribution in [0.2, 0.25) is 0 Å². The van der Waals surface area contributed by atoms with Crippen molar-refractivity contribution in [2.75, 3.05) is 6.61 Å². The number of benzene rings is 2. The number of aryl methyl sites for hydroxylation is 1. The molecule has 11 heteroatoms. The molecule has 0 radical (unpaired) electrons. The third-order valence-electron chi connectivity index (χ3n) is 6.71. The van der Waals surface area contributed by atoms with Gasteiger partial charge in [-0.05, 0) is 57.5 Å². The fourth-order valence-corrected chi connectivity index (χ4v) is 8.86. The van der Waals surface area contributed by atoms with Crippen LogP contribution in [0, 0.1) is 6.92 Å². The Kier molecular flexibility index (Phi) is 6.29. The van der Waals surface area contributed by atoms with Crippen LogP contribution in [0.5, 0.6) is 0 Å². The second-order valence-electron chi connectivity index (χ2n) is 10.1. The number of ether oxygens (including phenoxy) is 2. The smallest absolute Gasteiger partial charge is 0.330 e. The molecule has 0 aliphatic carbocycles. The summed E-state index contributed by atoms with van der Waals surface area (Å²) in [6.45, 7) is 7.93. The van der Waals surface area contributed by atoms with Crippen molar-refractivity contribution in [1.82, 2.24) is 9.55 Å². The maximum atomic E-state index is 12.7. The molecule has 2 aliphatic rings. The van der Waals surface area contributed by atoms with Crippen molar-refractivity contribution in [3.63, 3.8) is 0 Å². The van der Waals surface area contributed by atoms with E-state index in [0.717, 1.165) is 9.79 Å². The van der Waals surface area contributed by atoms with Gasteiger partial charge in [-0.15, -0.1) is 0 Å². The van der Waals surface area contributed by atoms with Crippen LogP contribution in [0.25, 0.3) is 10.4 Å². The summed E-state index contributed by atoms with van der Waals surface area (Å²) < 4.78 is 20.7. The fourth-order valence-electron chi connectivity index (χ4n) is 5.05. The normalized spacial score (nSPS) is 25.6. The number of fused-ring (bicyclic) bond motifs is 2. The number of nitrogens with one attached hydrogen (secondary N) is 1. The lowest BCUT2D eigenvalue weighted by Gasteiger charge is -2.53. The number of aromatic nitrogens is 2. The average Bonchev–Trinajstić information content (AvgIpc) is 3.36. The predicted molar refractivity (Wildman–Crippen MR) is 139 cm³/mol. The zero-order chi connectivity index (χ0) is 26.4. The molecule has 0 amide bonds. The van der Waals surface area contributed by atoms with E-state index in [1.54, 1.807) is 6.92 Å². The maximum Gasteiger partial charge on any atom is 0.330 e. The van der Waals surface area contributed by atoms with Gasteiger partial charge in [-0.3, -0.25) is 18.5 Å². The zero-order valence-corrected chi connectivity index (χ0v) is 21.8. The van der Waals surface area contributed by atoms with E-state index in [0.29, 0.717) is 5.56 Å². The highest BCUT2D eigenvalue weighted by Gasteiger charge is 2.66. The van der Waals surface area contributed by atoms with Crippen LogP contribution in [-0.4, -0.2) is 38.8 Å². The Hall–Kier alpha value is -3.34. The summed E-state index contributed by atoms with van der Waals surface area (Å²) in [6, 6.07) is 19.0. The Morgan fingerprint density at radius 3 is 2.24 bits per heavy atom. The van der Waals surface area contributed by atoms with Crippen LogP contribution in [-0.2, 0) is 13.7 Å². The molecule has 4 atom stereocenters. The number of hydrogen-bond donors (Lipinski definition) is 1. The number of hydrogen-bond acceptors (Lipinski definition) is 6. The quantitative estimate of drug-likeness (QED) is 0.282. The van der Waals surface area contributed by atoms with E-state index < -0.39 is 50.5 Å². The van der Waals surface area contributed by atoms with Crippen LogP contribution >= 0.6 is 10.3 Å². The maximum absolute atomic E-state index is 12.7. The summed E-state index contributed by atoms with van der Waals surface area (Å²) in [7, 11) is -2.31. The minimum atomic E-state index is -2.31. The summed E-state index contributed by atoms with van der Waals surface area (Å²) in [4.78, 5) is 32.0. The van der Waals surface area contributed by atoms with Gasteiger partial charge in [0.2, 0.25) is 5.79 Å². The Morgan fingerprint density at radius 2 is 1.70 bits per heavy atom. The lowest BCUT2D eigenvalue weighted by molar-refractivity contribution is -0.245. The van der Waals surface area contributed by atoms with Crippen molar-refractivity contribution in [3.8, 4) is 0 Å². The second kappa shape index (κ2) is 9.20. The van der Waals surface area contributed by atoms with E-state index >= 15 is 0 Å². The topological polar surface area (TPSA) is 131 Å². The van der Waals surface area contributed by atoms with Gasteiger partial charge in [-0.25, -0.2) is 4.79 Å². The van der Waals surface area contributed by atoms with Gasteiger partial charge in [0.1, 0.15) is 18.8 Å². The van der Waals surface area contributed by atoms with Crippen molar-refractivity contribution >= 4 is 10.3 Å². The largest absolute Gasteiger partial charge is 0.367 e. The van der Waals surface area contributed by atoms with E-state index in [9.17, 15) is 15.1 Å². The van der Waals surface area contributed by atoms with Gasteiger partial charge in [0.15, 0.2) is 6.23 Å². The summed E-state index contributed by atoms with van der Waals surface area (Å²) in [5, 5.41) is 4.05. The van der Waals surface area contributed by atoms with Crippen molar-refractivity contribution < 1.29 is 13.7 Å². The fraction of sp³-hybridized carbons (Fsp3) is 0.385. The Morgan fingerprint density at radius 1 is 1.11 bits per heavy atom. The van der Waals surface area contributed by atoms with Gasteiger partial charge in [0.05, 0.1) is 0 Å². The van der Waals surface area contributed by atoms with Gasteiger partial charge < -0.3 is 9.47 Å². The highest BCUT2D eigenvalue weighted by molar-refractivity contribution is 8.31. The lowest BCUT2D eigenvalue weighted by atomic mass is 10.1. The van der Waals surface area contributed by atoms with Crippen LogP contribution < -0.4 is 11.2 Å². The molecule has 0 spiro atoms. The van der Waals surface area contributed by atoms with Gasteiger partial charge in [-0.1, -0.05) is 51.8 Å². The van der Waals surface area contributed by atoms with E-state index in [-0.39, 0.29) is 6.61 Å². The third kappa shape index (κ3) is 4.00. The highest BCUT2D eigenvalue weighted by Crippen LogP contribution is 2.74. The Bertz CT molecular complexity index is 1420. The summed E-state index contributed by atoms with van der Waals surface area (Å²) in [5.74, 6) is -1.47. The summed E-state index contributed by atoms with van der Waals surface area (Å²) in [6.07, 6.45) is -0.326. The van der Waals surface area contributed by atoms with Gasteiger partial charge in [-0.2, -0.15) is 0 Å². The van der Waals surface area contributed by atoms with E-state index in [4.69, 9.17) is 13.7 Å². The average molecular weight is 524 g/mol. The van der Waals surface area contributed by atoms with Gasteiger partial charge >= 0.3 is 5.69 Å². The number of nitrogens with zero attached hydrogens (tertiary/aromatic N) is 4. The highest BCUT2D eigenvalue weighted by atomic mass is 32.3. The molecule has 10 nitrogen and oxygen atoms in total.